The Morgan fingerprint density at radius 3 is 2.10 bits per heavy atom. The summed E-state index contributed by atoms with van der Waals surface area (Å²) in [5.74, 6) is -0.811. The molecule has 0 heterocycles. The quantitative estimate of drug-likeness (QED) is 0.612. The zero-order valence-corrected chi connectivity index (χ0v) is 17.5. The van der Waals surface area contributed by atoms with E-state index < -0.39 is 23.9 Å². The van der Waals surface area contributed by atoms with E-state index >= 15 is 0 Å². The van der Waals surface area contributed by atoms with Gasteiger partial charge in [0.05, 0.1) is 14.2 Å². The first-order valence-electron chi connectivity index (χ1n) is 9.46. The Hall–Kier alpha value is -3.55. The van der Waals surface area contributed by atoms with Gasteiger partial charge < -0.3 is 24.8 Å². The van der Waals surface area contributed by atoms with E-state index in [-0.39, 0.29) is 12.1 Å². The van der Waals surface area contributed by atoms with Crippen molar-refractivity contribution in [3.8, 4) is 11.5 Å². The maximum Gasteiger partial charge on any atom is 0.326 e. The fourth-order valence-corrected chi connectivity index (χ4v) is 2.55. The van der Waals surface area contributed by atoms with Crippen molar-refractivity contribution in [3.63, 3.8) is 0 Å². The first-order valence-corrected chi connectivity index (χ1v) is 9.46. The Morgan fingerprint density at radius 1 is 0.967 bits per heavy atom. The second-order valence-electron chi connectivity index (χ2n) is 6.46. The smallest absolute Gasteiger partial charge is 0.326 e. The van der Waals surface area contributed by atoms with Crippen LogP contribution >= 0.6 is 0 Å². The van der Waals surface area contributed by atoms with Crippen LogP contribution in [0.5, 0.6) is 11.5 Å². The number of hydrogen-bond acceptors (Lipinski definition) is 6. The van der Waals surface area contributed by atoms with Gasteiger partial charge in [0.2, 0.25) is 0 Å². The lowest BCUT2D eigenvalue weighted by Gasteiger charge is -2.14. The van der Waals surface area contributed by atoms with Crippen LogP contribution < -0.4 is 20.1 Å². The Balaban J connectivity index is 1.85. The summed E-state index contributed by atoms with van der Waals surface area (Å²) in [6.45, 7) is 3.11. The minimum absolute atomic E-state index is 0.264. The van der Waals surface area contributed by atoms with Gasteiger partial charge in [-0.25, -0.2) is 0 Å². The highest BCUT2D eigenvalue weighted by molar-refractivity contribution is 5.97. The molecule has 2 amide bonds. The van der Waals surface area contributed by atoms with Gasteiger partial charge >= 0.3 is 5.97 Å². The third kappa shape index (κ3) is 6.51. The summed E-state index contributed by atoms with van der Waals surface area (Å²) in [4.78, 5) is 36.5. The number of amides is 2. The fraction of sp³-hybridized carbons (Fsp3) is 0.318. The summed E-state index contributed by atoms with van der Waals surface area (Å²) in [5.41, 5.74) is 2.03. The lowest BCUT2D eigenvalue weighted by atomic mass is 10.1. The molecule has 160 valence electrons. The number of rotatable bonds is 9. The van der Waals surface area contributed by atoms with Gasteiger partial charge in [0.25, 0.3) is 11.8 Å². The molecule has 30 heavy (non-hydrogen) atoms. The van der Waals surface area contributed by atoms with Crippen molar-refractivity contribution >= 4 is 23.5 Å². The molecule has 2 rings (SSSR count). The molecule has 2 N–H and O–H groups in total. The van der Waals surface area contributed by atoms with Crippen molar-refractivity contribution in [1.82, 2.24) is 5.32 Å². The lowest BCUT2D eigenvalue weighted by molar-refractivity contribution is -0.152. The first-order chi connectivity index (χ1) is 14.4. The van der Waals surface area contributed by atoms with Crippen molar-refractivity contribution < 1.29 is 28.6 Å². The molecule has 0 unspecified atom stereocenters. The van der Waals surface area contributed by atoms with Crippen LogP contribution in [0.3, 0.4) is 0 Å². The van der Waals surface area contributed by atoms with E-state index in [0.29, 0.717) is 17.2 Å². The monoisotopic (exact) mass is 414 g/mol. The standard InChI is InChI=1S/C22H26N2O6/c1-5-15-6-8-17(9-7-15)24-21(26)14(2)30-20(25)13-23-22(27)16-10-18(28-3)12-19(11-16)29-4/h6-12,14H,5,13H2,1-4H3,(H,23,27)(H,24,26)/t14-/m1/s1. The Labute approximate surface area is 175 Å². The second-order valence-corrected chi connectivity index (χ2v) is 6.46. The van der Waals surface area contributed by atoms with Crippen molar-refractivity contribution in [2.45, 2.75) is 26.4 Å². The molecule has 0 aliphatic heterocycles. The number of carbonyl (C=O) groups is 3. The normalized spacial score (nSPS) is 11.2. The van der Waals surface area contributed by atoms with Gasteiger partial charge in [0.15, 0.2) is 6.10 Å². The van der Waals surface area contributed by atoms with E-state index in [2.05, 4.69) is 10.6 Å². The van der Waals surface area contributed by atoms with Crippen LogP contribution in [0.15, 0.2) is 42.5 Å². The highest BCUT2D eigenvalue weighted by Crippen LogP contribution is 2.22. The molecule has 0 aromatic heterocycles. The molecule has 8 heteroatoms. The van der Waals surface area contributed by atoms with Crippen LogP contribution in [0.4, 0.5) is 5.69 Å². The van der Waals surface area contributed by atoms with Crippen LogP contribution in [0.1, 0.15) is 29.8 Å². The molecule has 0 saturated heterocycles. The van der Waals surface area contributed by atoms with Gasteiger partial charge in [-0.2, -0.15) is 0 Å². The maximum atomic E-state index is 12.3. The molecule has 2 aromatic carbocycles. The third-order valence-corrected chi connectivity index (χ3v) is 4.31. The first kappa shape index (κ1) is 22.7. The molecule has 0 saturated carbocycles. The van der Waals surface area contributed by atoms with E-state index in [1.165, 1.54) is 33.3 Å². The topological polar surface area (TPSA) is 103 Å². The van der Waals surface area contributed by atoms with Crippen molar-refractivity contribution in [2.75, 3.05) is 26.1 Å². The lowest BCUT2D eigenvalue weighted by Crippen LogP contribution is -2.35. The van der Waals surface area contributed by atoms with Gasteiger partial charge in [0, 0.05) is 17.3 Å². The predicted octanol–water partition coefficient (Wildman–Crippen LogP) is 2.57. The summed E-state index contributed by atoms with van der Waals surface area (Å²) in [6.07, 6.45) is -0.117. The fourth-order valence-electron chi connectivity index (χ4n) is 2.55. The minimum Gasteiger partial charge on any atom is -0.497 e. The van der Waals surface area contributed by atoms with E-state index in [1.54, 1.807) is 18.2 Å². The van der Waals surface area contributed by atoms with Gasteiger partial charge in [-0.15, -0.1) is 0 Å². The van der Waals surface area contributed by atoms with Crippen LogP contribution in [0.2, 0.25) is 0 Å². The molecule has 0 fully saturated rings. The van der Waals surface area contributed by atoms with E-state index in [1.807, 2.05) is 19.1 Å². The molecule has 0 radical (unpaired) electrons. The molecule has 0 bridgehead atoms. The highest BCUT2D eigenvalue weighted by Gasteiger charge is 2.19. The van der Waals surface area contributed by atoms with Crippen molar-refractivity contribution in [3.05, 3.63) is 53.6 Å². The molecular formula is C22H26N2O6. The Bertz CT molecular complexity index is 873. The van der Waals surface area contributed by atoms with Gasteiger partial charge in [0.1, 0.15) is 18.0 Å². The molecule has 2 aromatic rings. The Morgan fingerprint density at radius 2 is 1.57 bits per heavy atom. The second kappa shape index (κ2) is 10.8. The number of aryl methyl sites for hydroxylation is 1. The molecule has 8 nitrogen and oxygen atoms in total. The molecule has 1 atom stereocenters. The van der Waals surface area contributed by atoms with Gasteiger partial charge in [-0.05, 0) is 43.2 Å². The zero-order valence-electron chi connectivity index (χ0n) is 17.5. The van der Waals surface area contributed by atoms with Crippen LogP contribution in [0.25, 0.3) is 0 Å². The van der Waals surface area contributed by atoms with Crippen LogP contribution in [-0.4, -0.2) is 44.7 Å². The van der Waals surface area contributed by atoms with Crippen LogP contribution in [-0.2, 0) is 20.7 Å². The van der Waals surface area contributed by atoms with Crippen molar-refractivity contribution in [2.24, 2.45) is 0 Å². The number of carbonyl (C=O) groups excluding carboxylic acids is 3. The number of nitrogens with one attached hydrogen (secondary N) is 2. The number of methoxy groups -OCH3 is 2. The van der Waals surface area contributed by atoms with Crippen LogP contribution in [0, 0.1) is 0 Å². The number of esters is 1. The summed E-state index contributed by atoms with van der Waals surface area (Å²) in [7, 11) is 2.94. The SMILES string of the molecule is CCc1ccc(NC(=O)[C@@H](C)OC(=O)CNC(=O)c2cc(OC)cc(OC)c2)cc1. The average Bonchev–Trinajstić information content (AvgIpc) is 2.77. The predicted molar refractivity (Wildman–Crippen MR) is 112 cm³/mol. The third-order valence-electron chi connectivity index (χ3n) is 4.31. The molecule has 0 aliphatic rings. The van der Waals surface area contributed by atoms with E-state index in [9.17, 15) is 14.4 Å². The number of benzene rings is 2. The number of hydrogen-bond donors (Lipinski definition) is 2. The summed E-state index contributed by atoms with van der Waals surface area (Å²) >= 11 is 0. The Kier molecular flexibility index (Phi) is 8.22. The summed E-state index contributed by atoms with van der Waals surface area (Å²) < 4.78 is 15.3. The summed E-state index contributed by atoms with van der Waals surface area (Å²) in [5, 5.41) is 5.13. The van der Waals surface area contributed by atoms with E-state index in [4.69, 9.17) is 14.2 Å². The van der Waals surface area contributed by atoms with Gasteiger partial charge in [-0.3, -0.25) is 14.4 Å². The number of ether oxygens (including phenoxy) is 3. The van der Waals surface area contributed by atoms with E-state index in [0.717, 1.165) is 12.0 Å². The molecular weight excluding hydrogens is 388 g/mol. The maximum absolute atomic E-state index is 12.3. The molecule has 0 aliphatic carbocycles. The highest BCUT2D eigenvalue weighted by atomic mass is 16.5. The van der Waals surface area contributed by atoms with Crippen molar-refractivity contribution in [1.29, 1.82) is 0 Å². The summed E-state index contributed by atoms with van der Waals surface area (Å²) in [6, 6.07) is 12.1. The zero-order chi connectivity index (χ0) is 22.1. The molecule has 0 spiro atoms. The largest absolute Gasteiger partial charge is 0.497 e. The average molecular weight is 414 g/mol. The van der Waals surface area contributed by atoms with Gasteiger partial charge in [-0.1, -0.05) is 19.1 Å². The minimum atomic E-state index is -1.02. The number of anilines is 1.